The molecule has 3 nitrogen and oxygen atoms in total. The van der Waals surface area contributed by atoms with Crippen LogP contribution < -0.4 is 0 Å². The van der Waals surface area contributed by atoms with Crippen molar-refractivity contribution >= 4 is 50.1 Å². The Morgan fingerprint density at radius 1 is 0.569 bits per heavy atom. The van der Waals surface area contributed by atoms with E-state index in [0.717, 1.165) is 33.0 Å². The summed E-state index contributed by atoms with van der Waals surface area (Å²) in [6.07, 6.45) is 5.62. The first-order chi connectivity index (χ1) is 25.0. The highest BCUT2D eigenvalue weighted by atomic mass is 14.7. The molecule has 1 aliphatic carbocycles. The van der Waals surface area contributed by atoms with Gasteiger partial charge < -0.3 is 5.41 Å². The zero-order valence-electron chi connectivity index (χ0n) is 28.6. The van der Waals surface area contributed by atoms with E-state index >= 15 is 0 Å². The third-order valence-electron chi connectivity index (χ3n) is 10.4. The first-order valence-corrected chi connectivity index (χ1v) is 17.4. The van der Waals surface area contributed by atoms with Gasteiger partial charge in [0.1, 0.15) is 0 Å². The molecule has 1 aromatic heterocycles. The Balaban J connectivity index is 1.18. The van der Waals surface area contributed by atoms with Crippen molar-refractivity contribution in [1.82, 2.24) is 4.98 Å². The van der Waals surface area contributed by atoms with Gasteiger partial charge in [-0.3, -0.25) is 9.98 Å². The highest BCUT2D eigenvalue weighted by Gasteiger charge is 2.39. The fraction of sp³-hybridized carbons (Fsp3) is 0.0625. The van der Waals surface area contributed by atoms with Crippen LogP contribution in [0.25, 0.3) is 60.4 Å². The van der Waals surface area contributed by atoms with Crippen LogP contribution in [0.2, 0.25) is 0 Å². The van der Waals surface area contributed by atoms with Crippen LogP contribution in [0.3, 0.4) is 0 Å². The fourth-order valence-electron chi connectivity index (χ4n) is 8.13. The summed E-state index contributed by atoms with van der Waals surface area (Å²) < 4.78 is 0. The monoisotopic (exact) mass is 653 g/mol. The molecule has 1 N–H and O–H groups in total. The van der Waals surface area contributed by atoms with Gasteiger partial charge in [0.15, 0.2) is 0 Å². The van der Waals surface area contributed by atoms with Crippen molar-refractivity contribution in [3.63, 3.8) is 0 Å². The van der Waals surface area contributed by atoms with Gasteiger partial charge in [0.05, 0.1) is 16.9 Å². The minimum atomic E-state index is -0.181. The number of fused-ring (bicyclic) bond motifs is 7. The molecule has 9 rings (SSSR count). The SMILES string of the molecule is CC1(C)c2c(cccc2-c2ccc(C=N/C(=C\C(=N)c3ccccc3)c3cccc4ncccc34)c3ccccc23)-c2ccc3ccccc3c21. The lowest BCUT2D eigenvalue weighted by atomic mass is 9.77. The third-order valence-corrected chi connectivity index (χ3v) is 10.4. The molecule has 0 spiro atoms. The van der Waals surface area contributed by atoms with Gasteiger partial charge in [-0.05, 0) is 78.7 Å². The number of nitrogens with zero attached hydrogens (tertiary/aromatic N) is 2. The second kappa shape index (κ2) is 12.2. The number of aliphatic imine (C=N–C) groups is 1. The minimum Gasteiger partial charge on any atom is -0.300 e. The summed E-state index contributed by atoms with van der Waals surface area (Å²) in [4.78, 5) is 9.73. The molecule has 3 heteroatoms. The van der Waals surface area contributed by atoms with E-state index in [1.807, 2.05) is 67.0 Å². The Bertz CT molecular complexity index is 2730. The van der Waals surface area contributed by atoms with Gasteiger partial charge in [0.2, 0.25) is 0 Å². The van der Waals surface area contributed by atoms with Gasteiger partial charge in [0.25, 0.3) is 0 Å². The summed E-state index contributed by atoms with van der Waals surface area (Å²) >= 11 is 0. The number of aromatic nitrogens is 1. The Morgan fingerprint density at radius 2 is 1.24 bits per heavy atom. The summed E-state index contributed by atoms with van der Waals surface area (Å²) in [6.45, 7) is 4.75. The van der Waals surface area contributed by atoms with Crippen LogP contribution in [0.4, 0.5) is 0 Å². The molecule has 0 radical (unpaired) electrons. The molecule has 1 aliphatic rings. The standard InChI is InChI=1S/C48H35N3/c1-48(2)46-35-17-7-6-13-31(35)24-27-42(46)41-21-10-20-40(47(41)48)37-26-25-33(34-16-8-9-18-36(34)37)30-51-45(29-43(49)32-14-4-3-5-15-32)39-19-11-23-44-38(39)22-12-28-50-44/h3-30,49H,1-2H3/b45-29-,49-43?,51-30?. The molecule has 0 fully saturated rings. The van der Waals surface area contributed by atoms with Crippen LogP contribution in [-0.4, -0.2) is 16.9 Å². The largest absolute Gasteiger partial charge is 0.300 e. The van der Waals surface area contributed by atoms with E-state index in [9.17, 15) is 0 Å². The highest BCUT2D eigenvalue weighted by molar-refractivity contribution is 6.13. The first kappa shape index (κ1) is 30.6. The van der Waals surface area contributed by atoms with Crippen LogP contribution >= 0.6 is 0 Å². The fourth-order valence-corrected chi connectivity index (χ4v) is 8.13. The van der Waals surface area contributed by atoms with Crippen molar-refractivity contribution in [2.24, 2.45) is 4.99 Å². The maximum Gasteiger partial charge on any atom is 0.0730 e. The zero-order valence-corrected chi connectivity index (χ0v) is 28.6. The van der Waals surface area contributed by atoms with E-state index in [2.05, 4.69) is 122 Å². The molecule has 0 saturated carbocycles. The van der Waals surface area contributed by atoms with Crippen molar-refractivity contribution in [3.05, 3.63) is 192 Å². The zero-order chi connectivity index (χ0) is 34.5. The lowest BCUT2D eigenvalue weighted by Crippen LogP contribution is -2.17. The van der Waals surface area contributed by atoms with E-state index in [1.165, 1.54) is 49.5 Å². The molecular formula is C48H35N3. The topological polar surface area (TPSA) is 49.1 Å². The van der Waals surface area contributed by atoms with Gasteiger partial charge in [0, 0.05) is 34.3 Å². The van der Waals surface area contributed by atoms with Crippen molar-refractivity contribution in [2.45, 2.75) is 19.3 Å². The van der Waals surface area contributed by atoms with Crippen LogP contribution in [-0.2, 0) is 5.41 Å². The Labute approximate surface area is 297 Å². The number of pyridine rings is 1. The van der Waals surface area contributed by atoms with Crippen LogP contribution in [0.1, 0.15) is 41.7 Å². The predicted molar refractivity (Wildman–Crippen MR) is 215 cm³/mol. The average molecular weight is 654 g/mol. The second-order valence-electron chi connectivity index (χ2n) is 13.8. The van der Waals surface area contributed by atoms with Crippen LogP contribution in [0.5, 0.6) is 0 Å². The molecule has 242 valence electrons. The molecule has 0 saturated heterocycles. The Morgan fingerprint density at radius 3 is 2.08 bits per heavy atom. The van der Waals surface area contributed by atoms with Crippen LogP contribution in [0, 0.1) is 5.41 Å². The predicted octanol–water partition coefficient (Wildman–Crippen LogP) is 12.0. The number of nitrogens with one attached hydrogen (secondary N) is 1. The van der Waals surface area contributed by atoms with E-state index in [4.69, 9.17) is 10.4 Å². The molecular weight excluding hydrogens is 619 g/mol. The van der Waals surface area contributed by atoms with Crippen molar-refractivity contribution in [2.75, 3.05) is 0 Å². The quantitative estimate of drug-likeness (QED) is 0.178. The Hall–Kier alpha value is -6.45. The second-order valence-corrected chi connectivity index (χ2v) is 13.8. The highest BCUT2D eigenvalue weighted by Crippen LogP contribution is 2.54. The van der Waals surface area contributed by atoms with E-state index in [0.29, 0.717) is 11.4 Å². The van der Waals surface area contributed by atoms with Gasteiger partial charge in [-0.2, -0.15) is 0 Å². The van der Waals surface area contributed by atoms with Gasteiger partial charge >= 0.3 is 0 Å². The lowest BCUT2D eigenvalue weighted by molar-refractivity contribution is 0.668. The van der Waals surface area contributed by atoms with E-state index in [1.54, 1.807) is 0 Å². The number of hydrogen-bond acceptors (Lipinski definition) is 3. The maximum atomic E-state index is 8.97. The number of rotatable bonds is 6. The minimum absolute atomic E-state index is 0.181. The third kappa shape index (κ3) is 5.09. The van der Waals surface area contributed by atoms with Gasteiger partial charge in [-0.1, -0.05) is 153 Å². The maximum absolute atomic E-state index is 8.97. The average Bonchev–Trinajstić information content (AvgIpc) is 3.43. The molecule has 0 atom stereocenters. The van der Waals surface area contributed by atoms with Crippen molar-refractivity contribution < 1.29 is 0 Å². The van der Waals surface area contributed by atoms with Gasteiger partial charge in [-0.25, -0.2) is 0 Å². The summed E-state index contributed by atoms with van der Waals surface area (Å²) in [5, 5.41) is 14.9. The molecule has 0 aliphatic heterocycles. The summed E-state index contributed by atoms with van der Waals surface area (Å²) in [6, 6.07) is 53.1. The normalized spacial score (nSPS) is 13.6. The summed E-state index contributed by atoms with van der Waals surface area (Å²) in [7, 11) is 0. The molecule has 0 unspecified atom stereocenters. The molecule has 0 amide bonds. The van der Waals surface area contributed by atoms with Gasteiger partial charge in [-0.15, -0.1) is 0 Å². The first-order valence-electron chi connectivity index (χ1n) is 17.4. The molecule has 51 heavy (non-hydrogen) atoms. The molecule has 7 aromatic carbocycles. The lowest BCUT2D eigenvalue weighted by Gasteiger charge is -2.26. The number of allylic oxidation sites excluding steroid dienone is 1. The number of benzene rings is 7. The summed E-state index contributed by atoms with van der Waals surface area (Å²) in [5.41, 5.74) is 12.5. The van der Waals surface area contributed by atoms with Crippen molar-refractivity contribution in [1.29, 1.82) is 5.41 Å². The smallest absolute Gasteiger partial charge is 0.0730 e. The molecule has 1 heterocycles. The van der Waals surface area contributed by atoms with Crippen molar-refractivity contribution in [3.8, 4) is 22.3 Å². The van der Waals surface area contributed by atoms with E-state index < -0.39 is 0 Å². The molecule has 0 bridgehead atoms. The summed E-state index contributed by atoms with van der Waals surface area (Å²) in [5.74, 6) is 0. The molecule has 8 aromatic rings. The van der Waals surface area contributed by atoms with Crippen LogP contribution in [0.15, 0.2) is 169 Å². The number of hydrogen-bond donors (Lipinski definition) is 1. The van der Waals surface area contributed by atoms with E-state index in [-0.39, 0.29) is 5.41 Å². The Kier molecular flexibility index (Phi) is 7.29.